The van der Waals surface area contributed by atoms with Gasteiger partial charge in [0.25, 0.3) is 0 Å². The Hall–Kier alpha value is -1.40. The summed E-state index contributed by atoms with van der Waals surface area (Å²) in [5.74, 6) is -0.472. The van der Waals surface area contributed by atoms with Crippen molar-refractivity contribution in [2.75, 3.05) is 6.61 Å². The van der Waals surface area contributed by atoms with Gasteiger partial charge in [-0.2, -0.15) is 0 Å². The molecule has 3 atom stereocenters. The van der Waals surface area contributed by atoms with Gasteiger partial charge in [-0.3, -0.25) is 9.59 Å². The number of esters is 1. The van der Waals surface area contributed by atoms with Crippen LogP contribution >= 0.6 is 0 Å². The van der Waals surface area contributed by atoms with Gasteiger partial charge in [-0.05, 0) is 51.4 Å². The number of amides is 1. The van der Waals surface area contributed by atoms with Crippen LogP contribution in [0.5, 0.6) is 0 Å². The molecule has 0 aliphatic rings. The summed E-state index contributed by atoms with van der Waals surface area (Å²) in [7, 11) is 0. The standard InChI is InChI=1S/C50H97NO5/c1-4-7-10-13-16-19-22-24-25-26-27-30-33-36-39-42-48(53)47(45-52)51-49(54)44-46(41-38-35-32-29-21-18-15-12-9-6-3)56-50(55)43-40-37-34-31-28-23-20-17-14-11-8-5-2/h17,20,46-48,52-53H,4-16,18-19,21-45H2,1-3H3,(H,51,54)/b20-17-. The molecular formula is C50H97NO5. The average Bonchev–Trinajstić information content (AvgIpc) is 3.19. The lowest BCUT2D eigenvalue weighted by atomic mass is 10.0. The van der Waals surface area contributed by atoms with Gasteiger partial charge in [0, 0.05) is 6.42 Å². The fourth-order valence-corrected chi connectivity index (χ4v) is 7.78. The number of hydrogen-bond donors (Lipinski definition) is 3. The molecule has 56 heavy (non-hydrogen) atoms. The monoisotopic (exact) mass is 792 g/mol. The number of carbonyl (C=O) groups is 2. The van der Waals surface area contributed by atoms with E-state index in [-0.39, 0.29) is 24.9 Å². The van der Waals surface area contributed by atoms with Gasteiger partial charge in [-0.1, -0.05) is 219 Å². The maximum absolute atomic E-state index is 13.1. The van der Waals surface area contributed by atoms with Crippen LogP contribution in [0.25, 0.3) is 0 Å². The van der Waals surface area contributed by atoms with Crippen LogP contribution in [0.4, 0.5) is 0 Å². The van der Waals surface area contributed by atoms with Crippen LogP contribution in [-0.2, 0) is 14.3 Å². The summed E-state index contributed by atoms with van der Waals surface area (Å²) in [6, 6.07) is -0.695. The molecule has 0 fully saturated rings. The number of nitrogens with one attached hydrogen (secondary N) is 1. The van der Waals surface area contributed by atoms with Gasteiger partial charge in [-0.15, -0.1) is 0 Å². The molecule has 0 aromatic heterocycles. The van der Waals surface area contributed by atoms with E-state index >= 15 is 0 Å². The van der Waals surface area contributed by atoms with Gasteiger partial charge in [0.2, 0.25) is 5.91 Å². The summed E-state index contributed by atoms with van der Waals surface area (Å²) in [6.45, 7) is 6.46. The number of aliphatic hydroxyl groups is 2. The topological polar surface area (TPSA) is 95.9 Å². The molecule has 0 bridgehead atoms. The summed E-state index contributed by atoms with van der Waals surface area (Å²) in [5.41, 5.74) is 0. The summed E-state index contributed by atoms with van der Waals surface area (Å²) < 4.78 is 5.91. The van der Waals surface area contributed by atoms with Crippen LogP contribution < -0.4 is 5.32 Å². The highest BCUT2D eigenvalue weighted by Gasteiger charge is 2.24. The second-order valence-corrected chi connectivity index (χ2v) is 17.2. The molecule has 0 radical (unpaired) electrons. The van der Waals surface area contributed by atoms with E-state index < -0.39 is 18.2 Å². The summed E-state index contributed by atoms with van der Waals surface area (Å²) >= 11 is 0. The molecule has 1 amide bonds. The lowest BCUT2D eigenvalue weighted by Crippen LogP contribution is -2.46. The Balaban J connectivity index is 4.47. The van der Waals surface area contributed by atoms with Gasteiger partial charge in [-0.25, -0.2) is 0 Å². The van der Waals surface area contributed by atoms with E-state index in [1.807, 2.05) is 0 Å². The fraction of sp³-hybridized carbons (Fsp3) is 0.920. The van der Waals surface area contributed by atoms with Crippen LogP contribution in [0, 0.1) is 0 Å². The highest BCUT2D eigenvalue weighted by atomic mass is 16.5. The van der Waals surface area contributed by atoms with Crippen molar-refractivity contribution in [3.05, 3.63) is 12.2 Å². The predicted octanol–water partition coefficient (Wildman–Crippen LogP) is 14.6. The van der Waals surface area contributed by atoms with E-state index in [2.05, 4.69) is 38.2 Å². The minimum absolute atomic E-state index is 0.0807. The van der Waals surface area contributed by atoms with Crippen LogP contribution in [0.2, 0.25) is 0 Å². The molecule has 0 aromatic carbocycles. The first-order valence-electron chi connectivity index (χ1n) is 24.9. The van der Waals surface area contributed by atoms with Gasteiger partial charge in [0.15, 0.2) is 0 Å². The van der Waals surface area contributed by atoms with E-state index in [1.165, 1.54) is 173 Å². The Morgan fingerprint density at radius 2 is 0.857 bits per heavy atom. The molecule has 0 aromatic rings. The largest absolute Gasteiger partial charge is 0.462 e. The summed E-state index contributed by atoms with van der Waals surface area (Å²) in [6.07, 6.45) is 48.4. The third-order valence-corrected chi connectivity index (χ3v) is 11.6. The Bertz CT molecular complexity index is 847. The normalized spacial score (nSPS) is 13.3. The maximum atomic E-state index is 13.1. The number of unbranched alkanes of at least 4 members (excludes halogenated alkanes) is 31. The van der Waals surface area contributed by atoms with Crippen LogP contribution in [0.15, 0.2) is 12.2 Å². The van der Waals surface area contributed by atoms with Gasteiger partial charge < -0.3 is 20.3 Å². The lowest BCUT2D eigenvalue weighted by molar-refractivity contribution is -0.151. The summed E-state index contributed by atoms with van der Waals surface area (Å²) in [5, 5.41) is 23.7. The van der Waals surface area contributed by atoms with Gasteiger partial charge in [0.1, 0.15) is 6.10 Å². The van der Waals surface area contributed by atoms with E-state index in [9.17, 15) is 19.8 Å². The number of hydrogen-bond acceptors (Lipinski definition) is 5. The van der Waals surface area contributed by atoms with Crippen LogP contribution in [0.1, 0.15) is 271 Å². The van der Waals surface area contributed by atoms with Crippen LogP contribution in [-0.4, -0.2) is 46.9 Å². The minimum atomic E-state index is -0.782. The van der Waals surface area contributed by atoms with Crippen molar-refractivity contribution in [3.8, 4) is 0 Å². The lowest BCUT2D eigenvalue weighted by Gasteiger charge is -2.24. The van der Waals surface area contributed by atoms with Crippen molar-refractivity contribution in [2.24, 2.45) is 0 Å². The Kier molecular flexibility index (Phi) is 43.6. The molecule has 6 heteroatoms. The third-order valence-electron chi connectivity index (χ3n) is 11.6. The third kappa shape index (κ3) is 39.4. The molecular weight excluding hydrogens is 695 g/mol. The van der Waals surface area contributed by atoms with Gasteiger partial charge in [0.05, 0.1) is 25.2 Å². The first kappa shape index (κ1) is 54.6. The zero-order valence-electron chi connectivity index (χ0n) is 37.8. The Morgan fingerprint density at radius 1 is 0.500 bits per heavy atom. The predicted molar refractivity (Wildman–Crippen MR) is 241 cm³/mol. The van der Waals surface area contributed by atoms with Crippen molar-refractivity contribution in [1.29, 1.82) is 0 Å². The Labute approximate surface area is 349 Å². The quantitative estimate of drug-likeness (QED) is 0.0324. The number of aliphatic hydroxyl groups excluding tert-OH is 2. The molecule has 0 aliphatic heterocycles. The fourth-order valence-electron chi connectivity index (χ4n) is 7.78. The minimum Gasteiger partial charge on any atom is -0.462 e. The van der Waals surface area contributed by atoms with E-state index in [0.29, 0.717) is 19.3 Å². The molecule has 0 heterocycles. The van der Waals surface area contributed by atoms with Gasteiger partial charge >= 0.3 is 5.97 Å². The second kappa shape index (κ2) is 44.7. The second-order valence-electron chi connectivity index (χ2n) is 17.2. The zero-order chi connectivity index (χ0) is 41.0. The zero-order valence-corrected chi connectivity index (χ0v) is 37.8. The number of allylic oxidation sites excluding steroid dienone is 2. The molecule has 0 rings (SSSR count). The molecule has 6 nitrogen and oxygen atoms in total. The smallest absolute Gasteiger partial charge is 0.306 e. The van der Waals surface area contributed by atoms with Crippen molar-refractivity contribution in [1.82, 2.24) is 5.32 Å². The SMILES string of the molecule is CCCCC/C=C\CCCCCCCC(=O)OC(CCCCCCCCCCCC)CC(=O)NC(CO)C(O)CCCCCCCCCCCCCCCCC. The number of rotatable bonds is 45. The average molecular weight is 792 g/mol. The highest BCUT2D eigenvalue weighted by Crippen LogP contribution is 2.18. The molecule has 0 aliphatic carbocycles. The highest BCUT2D eigenvalue weighted by molar-refractivity contribution is 5.77. The molecule has 0 saturated heterocycles. The van der Waals surface area contributed by atoms with E-state index in [0.717, 1.165) is 51.4 Å². The van der Waals surface area contributed by atoms with Crippen molar-refractivity contribution in [2.45, 2.75) is 289 Å². The van der Waals surface area contributed by atoms with Crippen molar-refractivity contribution in [3.63, 3.8) is 0 Å². The van der Waals surface area contributed by atoms with Crippen molar-refractivity contribution >= 4 is 11.9 Å². The number of ether oxygens (including phenoxy) is 1. The van der Waals surface area contributed by atoms with Crippen LogP contribution in [0.3, 0.4) is 0 Å². The van der Waals surface area contributed by atoms with Crippen molar-refractivity contribution < 1.29 is 24.5 Å². The first-order valence-corrected chi connectivity index (χ1v) is 24.9. The first-order chi connectivity index (χ1) is 27.5. The maximum Gasteiger partial charge on any atom is 0.306 e. The molecule has 0 saturated carbocycles. The number of carbonyl (C=O) groups excluding carboxylic acids is 2. The molecule has 332 valence electrons. The molecule has 3 unspecified atom stereocenters. The van der Waals surface area contributed by atoms with E-state index in [4.69, 9.17) is 4.74 Å². The molecule has 0 spiro atoms. The van der Waals surface area contributed by atoms with E-state index in [1.54, 1.807) is 0 Å². The molecule has 3 N–H and O–H groups in total. The summed E-state index contributed by atoms with van der Waals surface area (Å²) in [4.78, 5) is 26.0. The Morgan fingerprint density at radius 3 is 1.30 bits per heavy atom.